The van der Waals surface area contributed by atoms with Crippen LogP contribution in [0.3, 0.4) is 0 Å². The van der Waals surface area contributed by atoms with Gasteiger partial charge in [0, 0.05) is 11.6 Å². The van der Waals surface area contributed by atoms with Crippen molar-refractivity contribution in [3.05, 3.63) is 53.0 Å². The van der Waals surface area contributed by atoms with Gasteiger partial charge < -0.3 is 5.32 Å². The Morgan fingerprint density at radius 1 is 1.06 bits per heavy atom. The summed E-state index contributed by atoms with van der Waals surface area (Å²) in [5.74, 6) is 0.0748. The number of anilines is 2. The third-order valence-electron chi connectivity index (χ3n) is 5.98. The summed E-state index contributed by atoms with van der Waals surface area (Å²) in [6.45, 7) is 7.34. The van der Waals surface area contributed by atoms with Crippen LogP contribution in [0.2, 0.25) is 0 Å². The van der Waals surface area contributed by atoms with Gasteiger partial charge in [0.05, 0.1) is 27.4 Å². The monoisotopic (exact) mass is 484 g/mol. The summed E-state index contributed by atoms with van der Waals surface area (Å²) >= 11 is 1.36. The van der Waals surface area contributed by atoms with E-state index in [2.05, 4.69) is 20.0 Å². The molecule has 2 aromatic heterocycles. The Morgan fingerprint density at radius 2 is 1.79 bits per heavy atom. The molecule has 9 heteroatoms. The molecular formula is C24H28N4O3S2. The zero-order valence-electron chi connectivity index (χ0n) is 19.2. The maximum Gasteiger partial charge on any atom is 0.262 e. The molecule has 1 saturated carbocycles. The van der Waals surface area contributed by atoms with E-state index in [0.29, 0.717) is 16.4 Å². The number of sulfonamides is 1. The fourth-order valence-electron chi connectivity index (χ4n) is 4.15. The summed E-state index contributed by atoms with van der Waals surface area (Å²) in [6, 6.07) is 7.18. The molecular weight excluding hydrogens is 456 g/mol. The van der Waals surface area contributed by atoms with Crippen molar-refractivity contribution in [3.8, 4) is 10.4 Å². The number of nitrogens with one attached hydrogen (secondary N) is 2. The predicted molar refractivity (Wildman–Crippen MR) is 132 cm³/mol. The van der Waals surface area contributed by atoms with E-state index >= 15 is 0 Å². The number of aromatic nitrogens is 2. The van der Waals surface area contributed by atoms with Gasteiger partial charge in [-0.3, -0.25) is 14.5 Å². The first-order valence-corrected chi connectivity index (χ1v) is 13.3. The Bertz CT molecular complexity index is 1310. The Balaban J connectivity index is 1.62. The number of hydrogen-bond donors (Lipinski definition) is 2. The van der Waals surface area contributed by atoms with Crippen LogP contribution in [0.4, 0.5) is 10.8 Å². The van der Waals surface area contributed by atoms with Gasteiger partial charge in [-0.15, -0.1) is 0 Å². The topological polar surface area (TPSA) is 101 Å². The van der Waals surface area contributed by atoms with Crippen molar-refractivity contribution in [2.75, 3.05) is 10.0 Å². The fourth-order valence-corrected chi connectivity index (χ4v) is 6.50. The highest BCUT2D eigenvalue weighted by molar-refractivity contribution is 7.92. The molecule has 2 N–H and O–H groups in total. The molecule has 0 atom stereocenters. The highest BCUT2D eigenvalue weighted by Crippen LogP contribution is 2.36. The van der Waals surface area contributed by atoms with Gasteiger partial charge in [0.2, 0.25) is 5.91 Å². The SMILES string of the molecule is Cc1cc(C)c(NS(=O)(=O)c2cc(-c3sc(NC(=O)C4CCCC4)nc3C)ccc2C)cn1. The molecule has 3 aromatic rings. The zero-order valence-corrected chi connectivity index (χ0v) is 20.9. The minimum atomic E-state index is -3.82. The molecule has 0 unspecified atom stereocenters. The van der Waals surface area contributed by atoms with E-state index in [4.69, 9.17) is 0 Å². The molecule has 0 bridgehead atoms. The molecule has 0 aliphatic heterocycles. The highest BCUT2D eigenvalue weighted by atomic mass is 32.2. The van der Waals surface area contributed by atoms with Crippen LogP contribution < -0.4 is 10.0 Å². The summed E-state index contributed by atoms with van der Waals surface area (Å²) in [6.07, 6.45) is 5.56. The van der Waals surface area contributed by atoms with Gasteiger partial charge in [0.15, 0.2) is 5.13 Å². The van der Waals surface area contributed by atoms with Crippen LogP contribution >= 0.6 is 11.3 Å². The molecule has 4 rings (SSSR count). The number of carbonyl (C=O) groups is 1. The summed E-state index contributed by atoms with van der Waals surface area (Å²) in [4.78, 5) is 22.2. The molecule has 1 aromatic carbocycles. The fraction of sp³-hybridized carbons (Fsp3) is 0.375. The molecule has 1 amide bonds. The van der Waals surface area contributed by atoms with Crippen LogP contribution in [0.25, 0.3) is 10.4 Å². The third kappa shape index (κ3) is 5.09. The zero-order chi connectivity index (χ0) is 23.8. The van der Waals surface area contributed by atoms with Gasteiger partial charge in [-0.2, -0.15) is 0 Å². The minimum Gasteiger partial charge on any atom is -0.302 e. The van der Waals surface area contributed by atoms with Crippen molar-refractivity contribution < 1.29 is 13.2 Å². The van der Waals surface area contributed by atoms with Gasteiger partial charge in [-0.1, -0.05) is 36.3 Å². The van der Waals surface area contributed by atoms with Crippen molar-refractivity contribution in [2.24, 2.45) is 5.92 Å². The highest BCUT2D eigenvalue weighted by Gasteiger charge is 2.24. The lowest BCUT2D eigenvalue weighted by Gasteiger charge is -2.13. The average Bonchev–Trinajstić information content (AvgIpc) is 3.40. The van der Waals surface area contributed by atoms with Crippen LogP contribution in [0.1, 0.15) is 48.2 Å². The number of amides is 1. The summed E-state index contributed by atoms with van der Waals surface area (Å²) < 4.78 is 29.1. The molecule has 1 fully saturated rings. The maximum atomic E-state index is 13.2. The van der Waals surface area contributed by atoms with Gasteiger partial charge >= 0.3 is 0 Å². The molecule has 0 spiro atoms. The smallest absolute Gasteiger partial charge is 0.262 e. The van der Waals surface area contributed by atoms with Crippen LogP contribution in [0, 0.1) is 33.6 Å². The van der Waals surface area contributed by atoms with Crippen LogP contribution in [0.15, 0.2) is 35.4 Å². The molecule has 33 heavy (non-hydrogen) atoms. The molecule has 7 nitrogen and oxygen atoms in total. The van der Waals surface area contributed by atoms with Gasteiger partial charge in [-0.05, 0) is 69.4 Å². The molecule has 1 aliphatic rings. The van der Waals surface area contributed by atoms with E-state index in [9.17, 15) is 13.2 Å². The normalized spacial score (nSPS) is 14.4. The Hall–Kier alpha value is -2.78. The van der Waals surface area contributed by atoms with Crippen molar-refractivity contribution in [3.63, 3.8) is 0 Å². The Morgan fingerprint density at radius 3 is 2.48 bits per heavy atom. The third-order valence-corrected chi connectivity index (χ3v) is 8.61. The van der Waals surface area contributed by atoms with E-state index in [-0.39, 0.29) is 16.7 Å². The quantitative estimate of drug-likeness (QED) is 0.490. The Kier molecular flexibility index (Phi) is 6.54. The number of hydrogen-bond acceptors (Lipinski definition) is 6. The summed E-state index contributed by atoms with van der Waals surface area (Å²) in [5.41, 5.74) is 4.22. The number of pyridine rings is 1. The van der Waals surface area contributed by atoms with E-state index in [1.54, 1.807) is 19.1 Å². The van der Waals surface area contributed by atoms with Crippen molar-refractivity contribution in [2.45, 2.75) is 58.3 Å². The lowest BCUT2D eigenvalue weighted by atomic mass is 10.1. The number of carbonyl (C=O) groups excluding carboxylic acids is 1. The standard InChI is InChI=1S/C24H28N4O3S2/c1-14-9-10-19(12-21(14)33(30,31)28-20-13-25-16(3)11-15(20)2)22-17(4)26-24(32-22)27-23(29)18-7-5-6-8-18/h9-13,18,28H,5-8H2,1-4H3,(H,26,27,29). The van der Waals surface area contributed by atoms with Crippen LogP contribution in [-0.4, -0.2) is 24.3 Å². The lowest BCUT2D eigenvalue weighted by Crippen LogP contribution is -2.20. The first-order chi connectivity index (χ1) is 15.6. The van der Waals surface area contributed by atoms with E-state index < -0.39 is 10.0 Å². The van der Waals surface area contributed by atoms with Crippen molar-refractivity contribution in [1.82, 2.24) is 9.97 Å². The molecule has 174 valence electrons. The van der Waals surface area contributed by atoms with E-state index in [1.165, 1.54) is 17.5 Å². The second kappa shape index (κ2) is 9.23. The number of thiazole rings is 1. The molecule has 1 aliphatic carbocycles. The second-order valence-electron chi connectivity index (χ2n) is 8.63. The van der Waals surface area contributed by atoms with Crippen molar-refractivity contribution in [1.29, 1.82) is 0 Å². The lowest BCUT2D eigenvalue weighted by molar-refractivity contribution is -0.119. The van der Waals surface area contributed by atoms with Crippen LogP contribution in [0.5, 0.6) is 0 Å². The first-order valence-electron chi connectivity index (χ1n) is 11.0. The first kappa shape index (κ1) is 23.4. The molecule has 2 heterocycles. The number of benzene rings is 1. The predicted octanol–water partition coefficient (Wildman–Crippen LogP) is 5.37. The second-order valence-corrected chi connectivity index (χ2v) is 11.3. The van der Waals surface area contributed by atoms with Crippen molar-refractivity contribution >= 4 is 38.1 Å². The number of rotatable bonds is 6. The summed E-state index contributed by atoms with van der Waals surface area (Å²) in [7, 11) is -3.82. The molecule has 0 radical (unpaired) electrons. The maximum absolute atomic E-state index is 13.2. The van der Waals surface area contributed by atoms with Gasteiger partial charge in [0.1, 0.15) is 0 Å². The van der Waals surface area contributed by atoms with Gasteiger partial charge in [0.25, 0.3) is 10.0 Å². The van der Waals surface area contributed by atoms with Crippen LogP contribution in [-0.2, 0) is 14.8 Å². The largest absolute Gasteiger partial charge is 0.302 e. The Labute approximate surface area is 198 Å². The summed E-state index contributed by atoms with van der Waals surface area (Å²) in [5, 5.41) is 3.49. The van der Waals surface area contributed by atoms with Gasteiger partial charge in [-0.25, -0.2) is 13.4 Å². The molecule has 0 saturated heterocycles. The minimum absolute atomic E-state index is 0.0197. The van der Waals surface area contributed by atoms with E-state index in [0.717, 1.165) is 53.1 Å². The van der Waals surface area contributed by atoms with E-state index in [1.807, 2.05) is 32.9 Å². The average molecular weight is 485 g/mol. The number of nitrogens with zero attached hydrogens (tertiary/aromatic N) is 2. The number of aryl methyl sites for hydroxylation is 4.